The van der Waals surface area contributed by atoms with Crippen molar-refractivity contribution < 1.29 is 14.6 Å². The Morgan fingerprint density at radius 2 is 2.32 bits per heavy atom. The lowest BCUT2D eigenvalue weighted by Gasteiger charge is -2.51. The highest BCUT2D eigenvalue weighted by atomic mass is 16.5. The number of hydrogen-bond donors (Lipinski definition) is 2. The lowest BCUT2D eigenvalue weighted by Crippen LogP contribution is -2.59. The molecular weight excluding hydrogens is 318 g/mol. The molecule has 126 valence electrons. The van der Waals surface area contributed by atoms with Crippen LogP contribution in [0.3, 0.4) is 0 Å². The number of hydrogen-bond acceptors (Lipinski definition) is 6. The van der Waals surface area contributed by atoms with E-state index >= 15 is 0 Å². The Kier molecular flexibility index (Phi) is 2.41. The molecule has 6 nitrogen and oxygen atoms in total. The topological polar surface area (TPSA) is 83.3 Å². The molecule has 6 rings (SSSR count). The van der Waals surface area contributed by atoms with Gasteiger partial charge in [0.15, 0.2) is 11.5 Å². The van der Waals surface area contributed by atoms with Gasteiger partial charge >= 0.3 is 0 Å². The molecule has 4 heterocycles. The first-order chi connectivity index (χ1) is 12.2. The highest BCUT2D eigenvalue weighted by Crippen LogP contribution is 2.51. The fourth-order valence-electron chi connectivity index (χ4n) is 5.11. The Morgan fingerprint density at radius 1 is 1.40 bits per heavy atom. The third kappa shape index (κ3) is 1.56. The van der Waals surface area contributed by atoms with E-state index in [-0.39, 0.29) is 23.7 Å². The number of fused-ring (bicyclic) bond motifs is 3. The molecule has 25 heavy (non-hydrogen) atoms. The van der Waals surface area contributed by atoms with E-state index < -0.39 is 5.41 Å². The van der Waals surface area contributed by atoms with Crippen molar-refractivity contribution in [1.29, 1.82) is 0 Å². The summed E-state index contributed by atoms with van der Waals surface area (Å²) in [5.41, 5.74) is 3.07. The van der Waals surface area contributed by atoms with E-state index in [2.05, 4.69) is 10.3 Å². The van der Waals surface area contributed by atoms with Gasteiger partial charge < -0.3 is 15.2 Å². The first-order valence-corrected chi connectivity index (χ1v) is 8.79. The van der Waals surface area contributed by atoms with Crippen molar-refractivity contribution >= 4 is 28.9 Å². The maximum atomic E-state index is 12.0. The quantitative estimate of drug-likeness (QED) is 0.681. The molecule has 6 heteroatoms. The number of ketones is 1. The van der Waals surface area contributed by atoms with Crippen LogP contribution in [0.4, 0.5) is 11.4 Å². The molecule has 5 aliphatic rings. The summed E-state index contributed by atoms with van der Waals surface area (Å²) in [4.78, 5) is 21.3. The number of anilines is 1. The van der Waals surface area contributed by atoms with Gasteiger partial charge in [0, 0.05) is 35.4 Å². The number of carbonyl (C=O) groups excluding carboxylic acids is 1. The van der Waals surface area contributed by atoms with Crippen LogP contribution in [-0.2, 0) is 14.9 Å². The highest BCUT2D eigenvalue weighted by Gasteiger charge is 2.52. The molecular formula is C19H17N3O3. The Morgan fingerprint density at radius 3 is 3.24 bits per heavy atom. The summed E-state index contributed by atoms with van der Waals surface area (Å²) in [6.45, 7) is 1.26. The number of carbonyl (C=O) groups is 1. The molecule has 1 saturated heterocycles. The monoisotopic (exact) mass is 335 g/mol. The van der Waals surface area contributed by atoms with Gasteiger partial charge in [-0.3, -0.25) is 14.8 Å². The third-order valence-corrected chi connectivity index (χ3v) is 6.17. The van der Waals surface area contributed by atoms with Crippen molar-refractivity contribution in [3.8, 4) is 5.75 Å². The standard InChI is InChI=1S/C19H17N3O3/c23-11-1-3-19-6-10(8-25-12(19)5-11)22-17-14(19)15-13-9(2-4-20-15)7-21-16(13)18(17)24/h1,3,7,10,12,22,24H,2,4-6,8H2/t10-,12+,19+/m0/s1. The Labute approximate surface area is 143 Å². The average Bonchev–Trinajstić information content (AvgIpc) is 3.05. The van der Waals surface area contributed by atoms with E-state index in [1.54, 1.807) is 6.08 Å². The van der Waals surface area contributed by atoms with E-state index in [9.17, 15) is 9.90 Å². The summed E-state index contributed by atoms with van der Waals surface area (Å²) in [5, 5.41) is 16.3. The lowest BCUT2D eigenvalue weighted by molar-refractivity contribution is -0.122. The van der Waals surface area contributed by atoms with Crippen LogP contribution < -0.4 is 15.9 Å². The molecule has 1 fully saturated rings. The number of allylic oxidation sites excluding steroid dienone is 1. The predicted octanol–water partition coefficient (Wildman–Crippen LogP) is 0.632. The minimum Gasteiger partial charge on any atom is -0.504 e. The van der Waals surface area contributed by atoms with Crippen LogP contribution in [0.25, 0.3) is 5.57 Å². The number of benzene rings is 1. The number of ether oxygens (including phenoxy) is 1. The molecule has 2 N–H and O–H groups in total. The molecule has 0 aromatic heterocycles. The number of rotatable bonds is 0. The minimum absolute atomic E-state index is 0.0979. The maximum absolute atomic E-state index is 12.0. The van der Waals surface area contributed by atoms with Crippen molar-refractivity contribution in [2.45, 2.75) is 36.8 Å². The van der Waals surface area contributed by atoms with E-state index in [0.29, 0.717) is 18.7 Å². The molecule has 1 aromatic rings. The SMILES string of the molecule is O=C1C=C[C@@]23C[C@@H](CO[C@@H]2C1)Nc1c(O)c2c4c(c13)=NCCC=4C=N2. The Hall–Kier alpha value is -2.47. The highest BCUT2D eigenvalue weighted by molar-refractivity contribution is 6.08. The molecule has 1 aliphatic carbocycles. The number of nitrogens with zero attached hydrogens (tertiary/aromatic N) is 2. The number of phenolic OH excluding ortho intramolecular Hbond substituents is 1. The van der Waals surface area contributed by atoms with Crippen LogP contribution in [0.2, 0.25) is 0 Å². The van der Waals surface area contributed by atoms with Crippen LogP contribution in [0.1, 0.15) is 24.8 Å². The molecule has 4 aliphatic heterocycles. The van der Waals surface area contributed by atoms with Gasteiger partial charge in [-0.2, -0.15) is 0 Å². The van der Waals surface area contributed by atoms with Crippen LogP contribution >= 0.6 is 0 Å². The van der Waals surface area contributed by atoms with Gasteiger partial charge in [-0.1, -0.05) is 6.08 Å². The number of nitrogens with one attached hydrogen (secondary N) is 1. The van der Waals surface area contributed by atoms with Crippen molar-refractivity contribution in [3.05, 3.63) is 28.3 Å². The molecule has 0 radical (unpaired) electrons. The zero-order valence-corrected chi connectivity index (χ0v) is 13.6. The van der Waals surface area contributed by atoms with Crippen molar-refractivity contribution in [2.75, 3.05) is 18.5 Å². The molecule has 1 aromatic carbocycles. The lowest BCUT2D eigenvalue weighted by atomic mass is 9.63. The molecule has 3 atom stereocenters. The van der Waals surface area contributed by atoms with Gasteiger partial charge in [-0.25, -0.2) is 0 Å². The second kappa shape index (κ2) is 4.38. The maximum Gasteiger partial charge on any atom is 0.165 e. The predicted molar refractivity (Wildman–Crippen MR) is 92.1 cm³/mol. The molecule has 1 spiro atoms. The van der Waals surface area contributed by atoms with Crippen LogP contribution in [-0.4, -0.2) is 42.4 Å². The normalized spacial score (nSPS) is 33.3. The van der Waals surface area contributed by atoms with Crippen LogP contribution in [0, 0.1) is 0 Å². The van der Waals surface area contributed by atoms with Gasteiger partial charge in [-0.05, 0) is 24.5 Å². The van der Waals surface area contributed by atoms with Crippen LogP contribution in [0.15, 0.2) is 22.1 Å². The van der Waals surface area contributed by atoms with Gasteiger partial charge in [-0.15, -0.1) is 0 Å². The minimum atomic E-state index is -0.409. The van der Waals surface area contributed by atoms with E-state index in [0.717, 1.165) is 46.8 Å². The van der Waals surface area contributed by atoms with E-state index in [1.165, 1.54) is 0 Å². The summed E-state index contributed by atoms with van der Waals surface area (Å²) in [6.07, 6.45) is 7.41. The number of phenols is 1. The Bertz CT molecular complexity index is 1040. The van der Waals surface area contributed by atoms with Gasteiger partial charge in [0.2, 0.25) is 0 Å². The molecule has 2 bridgehead atoms. The van der Waals surface area contributed by atoms with Gasteiger partial charge in [0.05, 0.1) is 29.8 Å². The van der Waals surface area contributed by atoms with Crippen molar-refractivity contribution in [3.63, 3.8) is 0 Å². The van der Waals surface area contributed by atoms with Gasteiger partial charge in [0.1, 0.15) is 5.69 Å². The zero-order chi connectivity index (χ0) is 16.8. The van der Waals surface area contributed by atoms with E-state index in [4.69, 9.17) is 9.73 Å². The Balaban J connectivity index is 1.78. The summed E-state index contributed by atoms with van der Waals surface area (Å²) in [5.74, 6) is 0.299. The van der Waals surface area contributed by atoms with Crippen molar-refractivity contribution in [2.24, 2.45) is 9.98 Å². The fraction of sp³-hybridized carbons (Fsp3) is 0.421. The first kappa shape index (κ1) is 13.8. The first-order valence-electron chi connectivity index (χ1n) is 8.79. The second-order valence-corrected chi connectivity index (χ2v) is 7.50. The smallest absolute Gasteiger partial charge is 0.165 e. The fourth-order valence-corrected chi connectivity index (χ4v) is 5.11. The number of aromatic hydroxyl groups is 1. The van der Waals surface area contributed by atoms with Gasteiger partial charge in [0.25, 0.3) is 0 Å². The molecule has 0 saturated carbocycles. The average molecular weight is 335 g/mol. The number of aliphatic imine (C=N–C) groups is 1. The molecule has 0 unspecified atom stereocenters. The summed E-state index contributed by atoms with van der Waals surface area (Å²) in [6, 6.07) is 0.107. The third-order valence-electron chi connectivity index (χ3n) is 6.17. The van der Waals surface area contributed by atoms with Crippen LogP contribution in [0.5, 0.6) is 5.75 Å². The summed E-state index contributed by atoms with van der Waals surface area (Å²) >= 11 is 0. The second-order valence-electron chi connectivity index (χ2n) is 7.50. The van der Waals surface area contributed by atoms with E-state index in [1.807, 2.05) is 12.3 Å². The van der Waals surface area contributed by atoms with Crippen molar-refractivity contribution in [1.82, 2.24) is 0 Å². The zero-order valence-electron chi connectivity index (χ0n) is 13.6. The largest absolute Gasteiger partial charge is 0.504 e. The summed E-state index contributed by atoms with van der Waals surface area (Å²) < 4.78 is 6.07. The summed E-state index contributed by atoms with van der Waals surface area (Å²) in [7, 11) is 0. The molecule has 0 amide bonds.